The van der Waals surface area contributed by atoms with Gasteiger partial charge in [-0.05, 0) is 45.4 Å². The molecule has 0 bridgehead atoms. The summed E-state index contributed by atoms with van der Waals surface area (Å²) in [5, 5.41) is 19.2. The number of carbonyl (C=O) groups is 1. The number of fused-ring (bicyclic) bond motifs is 1. The van der Waals surface area contributed by atoms with Crippen LogP contribution in [-0.2, 0) is 23.0 Å². The first-order chi connectivity index (χ1) is 18.6. The number of carboxylic acid groups (broad SMARTS) is 1. The average Bonchev–Trinajstić information content (AvgIpc) is 3.46. The standard InChI is InChI=1S/C22H24ClF3N6O7S/c1-4-30-11-16(18(23)29-30)40(36,37)31-10-13(6-8-17-27-28-19(33)39-17)38-15-7-5-12(9-14(15)31)32(20(34)35)21(2,3)22(24,25)26/h5,7,9,11,13H,4,6,8,10H2,1-3H3,(H,28,33)(H,34,35)/t13-/m0/s1. The number of hydrogen-bond donors (Lipinski definition) is 2. The van der Waals surface area contributed by atoms with Crippen LogP contribution in [0.2, 0.25) is 5.15 Å². The van der Waals surface area contributed by atoms with Crippen LogP contribution in [0.15, 0.2) is 38.5 Å². The van der Waals surface area contributed by atoms with Crippen molar-refractivity contribution in [2.45, 2.75) is 62.9 Å². The predicted octanol–water partition coefficient (Wildman–Crippen LogP) is 3.65. The number of hydrogen-bond acceptors (Lipinski definition) is 8. The van der Waals surface area contributed by atoms with Crippen LogP contribution in [-0.4, -0.2) is 64.0 Å². The molecule has 1 atom stereocenters. The molecule has 218 valence electrons. The molecule has 1 aliphatic heterocycles. The number of amides is 1. The van der Waals surface area contributed by atoms with Crippen LogP contribution in [0, 0.1) is 0 Å². The van der Waals surface area contributed by atoms with E-state index in [0.29, 0.717) is 20.4 Å². The van der Waals surface area contributed by atoms with Gasteiger partial charge in [-0.3, -0.25) is 13.9 Å². The quantitative estimate of drug-likeness (QED) is 0.388. The van der Waals surface area contributed by atoms with Gasteiger partial charge in [-0.15, -0.1) is 5.10 Å². The number of H-pyrrole nitrogens is 1. The third-order valence-electron chi connectivity index (χ3n) is 6.32. The highest BCUT2D eigenvalue weighted by Crippen LogP contribution is 2.44. The number of aromatic amines is 1. The zero-order valence-corrected chi connectivity index (χ0v) is 22.8. The third-order valence-corrected chi connectivity index (χ3v) is 8.49. The van der Waals surface area contributed by atoms with E-state index in [1.807, 2.05) is 0 Å². The Morgan fingerprint density at radius 2 is 2.02 bits per heavy atom. The van der Waals surface area contributed by atoms with Crippen LogP contribution >= 0.6 is 11.6 Å². The Kier molecular flexibility index (Phi) is 7.57. The lowest BCUT2D eigenvalue weighted by Crippen LogP contribution is -2.57. The summed E-state index contributed by atoms with van der Waals surface area (Å²) in [6.45, 7) is 3.05. The van der Waals surface area contributed by atoms with Gasteiger partial charge in [-0.2, -0.15) is 18.3 Å². The zero-order chi connectivity index (χ0) is 29.6. The van der Waals surface area contributed by atoms with Crippen molar-refractivity contribution in [2.75, 3.05) is 15.7 Å². The summed E-state index contributed by atoms with van der Waals surface area (Å²) in [4.78, 5) is 23.0. The van der Waals surface area contributed by atoms with Crippen molar-refractivity contribution in [3.05, 3.63) is 46.0 Å². The minimum absolute atomic E-state index is 0.0405. The van der Waals surface area contributed by atoms with Gasteiger partial charge in [0.25, 0.3) is 10.0 Å². The topological polar surface area (TPSA) is 164 Å². The number of anilines is 2. The largest absolute Gasteiger partial charge is 0.486 e. The lowest BCUT2D eigenvalue weighted by Gasteiger charge is -2.39. The minimum atomic E-state index is -4.96. The van der Waals surface area contributed by atoms with Crippen LogP contribution < -0.4 is 19.7 Å². The van der Waals surface area contributed by atoms with Gasteiger partial charge >= 0.3 is 18.0 Å². The lowest BCUT2D eigenvalue weighted by molar-refractivity contribution is -0.175. The van der Waals surface area contributed by atoms with Crippen LogP contribution in [0.4, 0.5) is 29.3 Å². The number of sulfonamides is 1. The Hall–Kier alpha value is -3.73. The van der Waals surface area contributed by atoms with Gasteiger partial charge in [0.1, 0.15) is 22.3 Å². The Balaban J connectivity index is 1.81. The van der Waals surface area contributed by atoms with Gasteiger partial charge in [-0.1, -0.05) is 11.6 Å². The molecule has 1 aliphatic rings. The monoisotopic (exact) mass is 608 g/mol. The Morgan fingerprint density at radius 1 is 1.32 bits per heavy atom. The van der Waals surface area contributed by atoms with Crippen LogP contribution in [0.1, 0.15) is 33.1 Å². The molecular formula is C22H24ClF3N6O7S. The van der Waals surface area contributed by atoms with E-state index in [2.05, 4.69) is 15.3 Å². The molecule has 18 heteroatoms. The van der Waals surface area contributed by atoms with Crippen molar-refractivity contribution in [1.29, 1.82) is 0 Å². The highest BCUT2D eigenvalue weighted by atomic mass is 35.5. The van der Waals surface area contributed by atoms with E-state index in [4.69, 9.17) is 20.8 Å². The van der Waals surface area contributed by atoms with Gasteiger partial charge < -0.3 is 14.3 Å². The van der Waals surface area contributed by atoms with Crippen molar-refractivity contribution in [2.24, 2.45) is 0 Å². The normalized spacial score (nSPS) is 16.0. The van der Waals surface area contributed by atoms with Crippen molar-refractivity contribution >= 4 is 39.1 Å². The van der Waals surface area contributed by atoms with Crippen molar-refractivity contribution in [1.82, 2.24) is 20.0 Å². The van der Waals surface area contributed by atoms with E-state index in [1.54, 1.807) is 6.92 Å². The molecule has 40 heavy (non-hydrogen) atoms. The van der Waals surface area contributed by atoms with Crippen LogP contribution in [0.3, 0.4) is 0 Å². The maximum atomic E-state index is 13.8. The Labute approximate surface area is 230 Å². The molecule has 2 N–H and O–H groups in total. The van der Waals surface area contributed by atoms with Gasteiger partial charge in [0.2, 0.25) is 5.89 Å². The lowest BCUT2D eigenvalue weighted by atomic mass is 10.0. The van der Waals surface area contributed by atoms with Crippen molar-refractivity contribution < 1.29 is 40.6 Å². The summed E-state index contributed by atoms with van der Waals surface area (Å²) in [7, 11) is -4.48. The molecule has 0 radical (unpaired) electrons. The molecule has 0 aliphatic carbocycles. The third kappa shape index (κ3) is 5.34. The fraction of sp³-hybridized carbons (Fsp3) is 0.455. The molecule has 1 amide bonds. The average molecular weight is 609 g/mol. The molecule has 0 saturated heterocycles. The Bertz CT molecular complexity index is 1580. The molecule has 4 rings (SSSR count). The van der Waals surface area contributed by atoms with E-state index in [-0.39, 0.29) is 51.7 Å². The number of aryl methyl sites for hydroxylation is 2. The molecule has 0 saturated carbocycles. The number of rotatable bonds is 8. The molecule has 1 aromatic carbocycles. The second-order valence-electron chi connectivity index (χ2n) is 9.29. The first kappa shape index (κ1) is 29.3. The molecule has 0 fully saturated rings. The van der Waals surface area contributed by atoms with E-state index in [9.17, 15) is 36.3 Å². The number of nitrogens with one attached hydrogen (secondary N) is 1. The Morgan fingerprint density at radius 3 is 2.58 bits per heavy atom. The van der Waals surface area contributed by atoms with E-state index < -0.39 is 45.4 Å². The van der Waals surface area contributed by atoms with Gasteiger partial charge in [0, 0.05) is 19.2 Å². The molecule has 0 spiro atoms. The molecule has 0 unspecified atom stereocenters. The fourth-order valence-electron chi connectivity index (χ4n) is 4.10. The molecule has 3 heterocycles. The summed E-state index contributed by atoms with van der Waals surface area (Å²) in [5.74, 6) is -0.752. The smallest absolute Gasteiger partial charge is 0.434 e. The van der Waals surface area contributed by atoms with Gasteiger partial charge in [0.05, 0.1) is 17.9 Å². The first-order valence-corrected chi connectivity index (χ1v) is 13.6. The first-order valence-electron chi connectivity index (χ1n) is 11.8. The fourth-order valence-corrected chi connectivity index (χ4v) is 6.05. The highest BCUT2D eigenvalue weighted by molar-refractivity contribution is 7.93. The summed E-state index contributed by atoms with van der Waals surface area (Å²) in [6.07, 6.45) is -6.26. The van der Waals surface area contributed by atoms with Crippen LogP contribution in [0.5, 0.6) is 5.75 Å². The number of halogens is 4. The number of alkyl halides is 3. The van der Waals surface area contributed by atoms with Crippen molar-refractivity contribution in [3.8, 4) is 5.75 Å². The molecule has 3 aromatic rings. The minimum Gasteiger partial charge on any atom is -0.486 e. The molecular weight excluding hydrogens is 585 g/mol. The SMILES string of the molecule is CCn1cc(S(=O)(=O)N2C[C@H](CCc3n[nH]c(=O)o3)Oc3ccc(N(C(=O)O)C(C)(C)C(F)(F)F)cc32)c(Cl)n1. The predicted molar refractivity (Wildman–Crippen MR) is 134 cm³/mol. The number of ether oxygens (including phenoxy) is 1. The van der Waals surface area contributed by atoms with E-state index >= 15 is 0 Å². The van der Waals surface area contributed by atoms with Gasteiger partial charge in [-0.25, -0.2) is 23.1 Å². The maximum absolute atomic E-state index is 13.8. The molecule has 13 nitrogen and oxygen atoms in total. The summed E-state index contributed by atoms with van der Waals surface area (Å²) in [5.41, 5.74) is -3.51. The van der Waals surface area contributed by atoms with E-state index in [1.165, 1.54) is 16.9 Å². The maximum Gasteiger partial charge on any atom is 0.434 e. The van der Waals surface area contributed by atoms with Crippen LogP contribution in [0.25, 0.3) is 0 Å². The summed E-state index contributed by atoms with van der Waals surface area (Å²) in [6, 6.07) is 3.27. The summed E-state index contributed by atoms with van der Waals surface area (Å²) >= 11 is 6.13. The number of aromatic nitrogens is 4. The molecule has 2 aromatic heterocycles. The second kappa shape index (κ2) is 10.3. The van der Waals surface area contributed by atoms with Crippen molar-refractivity contribution in [3.63, 3.8) is 0 Å². The van der Waals surface area contributed by atoms with E-state index in [0.717, 1.165) is 16.4 Å². The second-order valence-corrected chi connectivity index (χ2v) is 11.5. The number of nitrogens with zero attached hydrogens (tertiary/aromatic N) is 5. The number of benzene rings is 1. The van der Waals surface area contributed by atoms with Gasteiger partial charge in [0.15, 0.2) is 5.15 Å². The summed E-state index contributed by atoms with van der Waals surface area (Å²) < 4.78 is 82.1. The zero-order valence-electron chi connectivity index (χ0n) is 21.3. The highest BCUT2D eigenvalue weighted by Gasteiger charge is 2.54.